The molecule has 28 heavy (non-hydrogen) atoms. The first-order valence-electron chi connectivity index (χ1n) is 8.99. The quantitative estimate of drug-likeness (QED) is 0.682. The molecule has 0 bridgehead atoms. The maximum absolute atomic E-state index is 13.0. The van der Waals surface area contributed by atoms with Crippen LogP contribution >= 0.6 is 0 Å². The Morgan fingerprint density at radius 3 is 2.50 bits per heavy atom. The van der Waals surface area contributed by atoms with Crippen LogP contribution in [0.15, 0.2) is 54.9 Å². The number of aromatic nitrogens is 3. The Kier molecular flexibility index (Phi) is 6.26. The number of aryl methyl sites for hydroxylation is 1. The normalized spacial score (nSPS) is 10.5. The predicted octanol–water partition coefficient (Wildman–Crippen LogP) is 3.25. The van der Waals surface area contributed by atoms with Crippen LogP contribution in [0.1, 0.15) is 27.4 Å². The maximum atomic E-state index is 13.0. The molecule has 1 amide bonds. The molecule has 0 aliphatic carbocycles. The summed E-state index contributed by atoms with van der Waals surface area (Å²) in [5, 5.41) is 3.16. The van der Waals surface area contributed by atoms with E-state index in [9.17, 15) is 9.18 Å². The lowest BCUT2D eigenvalue weighted by molar-refractivity contribution is 0.0790. The summed E-state index contributed by atoms with van der Waals surface area (Å²) in [6.45, 7) is 2.79. The minimum absolute atomic E-state index is 0.163. The lowest BCUT2D eigenvalue weighted by Gasteiger charge is -2.17. The average Bonchev–Trinajstić information content (AvgIpc) is 2.71. The molecule has 6 nitrogen and oxygen atoms in total. The van der Waals surface area contributed by atoms with Crippen molar-refractivity contribution in [1.29, 1.82) is 0 Å². The van der Waals surface area contributed by atoms with E-state index in [1.165, 1.54) is 12.1 Å². The fraction of sp³-hybridized carbons (Fsp3) is 0.238. The van der Waals surface area contributed by atoms with Crippen molar-refractivity contribution in [2.24, 2.45) is 0 Å². The smallest absolute Gasteiger partial charge is 0.272 e. The second kappa shape index (κ2) is 9.03. The Balaban J connectivity index is 1.64. The second-order valence-electron chi connectivity index (χ2n) is 6.50. The van der Waals surface area contributed by atoms with Gasteiger partial charge < -0.3 is 10.2 Å². The summed E-state index contributed by atoms with van der Waals surface area (Å²) < 4.78 is 13.0. The zero-order valence-corrected chi connectivity index (χ0v) is 15.9. The Hall–Kier alpha value is -3.35. The van der Waals surface area contributed by atoms with Crippen molar-refractivity contribution in [3.8, 4) is 0 Å². The van der Waals surface area contributed by atoms with Crippen molar-refractivity contribution in [2.75, 3.05) is 18.9 Å². The number of halogens is 1. The van der Waals surface area contributed by atoms with Crippen molar-refractivity contribution >= 4 is 11.7 Å². The molecule has 1 aromatic carbocycles. The minimum Gasteiger partial charge on any atom is -0.366 e. The molecule has 7 heteroatoms. The molecule has 144 valence electrons. The lowest BCUT2D eigenvalue weighted by atomic mass is 10.2. The monoisotopic (exact) mass is 379 g/mol. The first kappa shape index (κ1) is 19.4. The van der Waals surface area contributed by atoms with Gasteiger partial charge in [0, 0.05) is 38.6 Å². The Morgan fingerprint density at radius 1 is 1.07 bits per heavy atom. The molecule has 0 spiro atoms. The number of benzene rings is 1. The molecule has 0 unspecified atom stereocenters. The van der Waals surface area contributed by atoms with E-state index in [-0.39, 0.29) is 11.7 Å². The number of nitrogens with zero attached hydrogens (tertiary/aromatic N) is 4. The SMILES string of the molecule is Cc1nc(NCc2ccc(F)cc2)cc(C(=O)N(C)CCc2ccncc2)n1. The van der Waals surface area contributed by atoms with Gasteiger partial charge in [-0.3, -0.25) is 9.78 Å². The molecular formula is C21H22FN5O. The highest BCUT2D eigenvalue weighted by atomic mass is 19.1. The van der Waals surface area contributed by atoms with Gasteiger partial charge in [0.2, 0.25) is 0 Å². The predicted molar refractivity (Wildman–Crippen MR) is 105 cm³/mol. The summed E-state index contributed by atoms with van der Waals surface area (Å²) in [4.78, 5) is 27.0. The van der Waals surface area contributed by atoms with Gasteiger partial charge in [-0.25, -0.2) is 14.4 Å². The summed E-state index contributed by atoms with van der Waals surface area (Å²) in [6.07, 6.45) is 4.22. The first-order valence-corrected chi connectivity index (χ1v) is 8.99. The molecule has 3 rings (SSSR count). The highest BCUT2D eigenvalue weighted by Crippen LogP contribution is 2.12. The van der Waals surface area contributed by atoms with Gasteiger partial charge in [-0.15, -0.1) is 0 Å². The van der Waals surface area contributed by atoms with E-state index in [1.807, 2.05) is 12.1 Å². The molecule has 0 aliphatic heterocycles. The molecule has 2 heterocycles. The van der Waals surface area contributed by atoms with E-state index in [0.29, 0.717) is 30.4 Å². The summed E-state index contributed by atoms with van der Waals surface area (Å²) in [5.41, 5.74) is 2.38. The second-order valence-corrected chi connectivity index (χ2v) is 6.50. The van der Waals surface area contributed by atoms with Crippen LogP contribution in [0, 0.1) is 12.7 Å². The molecular weight excluding hydrogens is 357 g/mol. The number of carbonyl (C=O) groups excluding carboxylic acids is 1. The van der Waals surface area contributed by atoms with Gasteiger partial charge in [0.05, 0.1) is 0 Å². The molecule has 0 fully saturated rings. The third kappa shape index (κ3) is 5.33. The fourth-order valence-electron chi connectivity index (χ4n) is 2.71. The topological polar surface area (TPSA) is 71.0 Å². The van der Waals surface area contributed by atoms with Crippen molar-refractivity contribution in [2.45, 2.75) is 19.9 Å². The Morgan fingerprint density at radius 2 is 1.79 bits per heavy atom. The van der Waals surface area contributed by atoms with Crippen LogP contribution in [-0.4, -0.2) is 39.4 Å². The number of amides is 1. The molecule has 3 aromatic rings. The molecule has 0 atom stereocenters. The van der Waals surface area contributed by atoms with Gasteiger partial charge in [0.15, 0.2) is 0 Å². The van der Waals surface area contributed by atoms with Crippen LogP contribution in [0.3, 0.4) is 0 Å². The third-order valence-electron chi connectivity index (χ3n) is 4.28. The fourth-order valence-corrected chi connectivity index (χ4v) is 2.71. The number of nitrogens with one attached hydrogen (secondary N) is 1. The van der Waals surface area contributed by atoms with Gasteiger partial charge in [0.1, 0.15) is 23.2 Å². The van der Waals surface area contributed by atoms with Crippen molar-refractivity contribution < 1.29 is 9.18 Å². The van der Waals surface area contributed by atoms with Gasteiger partial charge in [-0.05, 0) is 48.7 Å². The zero-order chi connectivity index (χ0) is 19.9. The molecule has 0 radical (unpaired) electrons. The van der Waals surface area contributed by atoms with Crippen LogP contribution in [0.2, 0.25) is 0 Å². The highest BCUT2D eigenvalue weighted by molar-refractivity contribution is 5.92. The Bertz CT molecular complexity index is 931. The van der Waals surface area contributed by atoms with Gasteiger partial charge in [-0.2, -0.15) is 0 Å². The van der Waals surface area contributed by atoms with Crippen LogP contribution in [-0.2, 0) is 13.0 Å². The van der Waals surface area contributed by atoms with Gasteiger partial charge >= 0.3 is 0 Å². The van der Waals surface area contributed by atoms with Crippen LogP contribution in [0.25, 0.3) is 0 Å². The summed E-state index contributed by atoms with van der Waals surface area (Å²) in [7, 11) is 1.76. The van der Waals surface area contributed by atoms with E-state index < -0.39 is 0 Å². The third-order valence-corrected chi connectivity index (χ3v) is 4.28. The highest BCUT2D eigenvalue weighted by Gasteiger charge is 2.15. The van der Waals surface area contributed by atoms with Crippen molar-refractivity contribution in [3.63, 3.8) is 0 Å². The number of hydrogen-bond acceptors (Lipinski definition) is 5. The summed E-state index contributed by atoms with van der Waals surface area (Å²) in [6, 6.07) is 11.7. The van der Waals surface area contributed by atoms with E-state index >= 15 is 0 Å². The number of carbonyl (C=O) groups is 1. The largest absolute Gasteiger partial charge is 0.366 e. The molecule has 0 saturated heterocycles. The number of rotatable bonds is 7. The number of likely N-dealkylation sites (N-methyl/N-ethyl adjacent to an activating group) is 1. The number of hydrogen-bond donors (Lipinski definition) is 1. The van der Waals surface area contributed by atoms with Crippen molar-refractivity contribution in [3.05, 3.63) is 83.3 Å². The zero-order valence-electron chi connectivity index (χ0n) is 15.9. The van der Waals surface area contributed by atoms with Crippen LogP contribution in [0.4, 0.5) is 10.2 Å². The van der Waals surface area contributed by atoms with E-state index in [4.69, 9.17) is 0 Å². The minimum atomic E-state index is -0.274. The molecule has 1 N–H and O–H groups in total. The molecule has 2 aromatic heterocycles. The van der Waals surface area contributed by atoms with Gasteiger partial charge in [0.25, 0.3) is 5.91 Å². The summed E-state index contributed by atoms with van der Waals surface area (Å²) >= 11 is 0. The van der Waals surface area contributed by atoms with Crippen LogP contribution < -0.4 is 5.32 Å². The average molecular weight is 379 g/mol. The van der Waals surface area contributed by atoms with E-state index in [0.717, 1.165) is 17.5 Å². The Labute approximate surface area is 163 Å². The number of anilines is 1. The van der Waals surface area contributed by atoms with Crippen molar-refractivity contribution in [1.82, 2.24) is 19.9 Å². The maximum Gasteiger partial charge on any atom is 0.272 e. The van der Waals surface area contributed by atoms with Gasteiger partial charge in [-0.1, -0.05) is 12.1 Å². The van der Waals surface area contributed by atoms with Crippen LogP contribution in [0.5, 0.6) is 0 Å². The summed E-state index contributed by atoms with van der Waals surface area (Å²) in [5.74, 6) is 0.631. The van der Waals surface area contributed by atoms with E-state index in [2.05, 4.69) is 20.3 Å². The molecule has 0 saturated carbocycles. The number of pyridine rings is 1. The first-order chi connectivity index (χ1) is 13.5. The van der Waals surface area contributed by atoms with E-state index in [1.54, 1.807) is 49.5 Å². The standard InChI is InChI=1S/C21H22FN5O/c1-15-25-19(21(28)27(2)12-9-16-7-10-23-11-8-16)13-20(26-15)24-14-17-3-5-18(22)6-4-17/h3-8,10-11,13H,9,12,14H2,1-2H3,(H,24,25,26). The molecule has 0 aliphatic rings. The lowest BCUT2D eigenvalue weighted by Crippen LogP contribution is -2.30.